The largest absolute Gasteiger partial charge is 0.326 e. The van der Waals surface area contributed by atoms with E-state index in [1.165, 1.54) is 13.8 Å². The fourth-order valence-corrected chi connectivity index (χ4v) is 2.47. The van der Waals surface area contributed by atoms with Crippen LogP contribution in [0.2, 0.25) is 0 Å². The lowest BCUT2D eigenvalue weighted by atomic mass is 10.2. The highest BCUT2D eigenvalue weighted by atomic mass is 16.2. The molecule has 0 heterocycles. The lowest BCUT2D eigenvalue weighted by Gasteiger charge is -2.21. The van der Waals surface area contributed by atoms with Gasteiger partial charge in [-0.15, -0.1) is 0 Å². The number of carbonyl (C=O) groups is 3. The van der Waals surface area contributed by atoms with Crippen LogP contribution < -0.4 is 15.5 Å². The third kappa shape index (κ3) is 5.73. The molecule has 2 aromatic carbocycles. The molecular weight excluding hydrogens is 330 g/mol. The quantitative estimate of drug-likeness (QED) is 0.836. The molecule has 2 N–H and O–H groups in total. The van der Waals surface area contributed by atoms with Crippen LogP contribution in [-0.2, 0) is 14.4 Å². The zero-order valence-electron chi connectivity index (χ0n) is 15.2. The van der Waals surface area contributed by atoms with E-state index in [0.717, 1.165) is 11.3 Å². The van der Waals surface area contributed by atoms with Crippen molar-refractivity contribution in [2.45, 2.75) is 27.2 Å². The van der Waals surface area contributed by atoms with E-state index in [0.29, 0.717) is 17.9 Å². The molecule has 6 nitrogen and oxygen atoms in total. The third-order valence-corrected chi connectivity index (χ3v) is 3.78. The molecule has 0 aromatic heterocycles. The SMILES string of the molecule is CC(=O)Nc1ccc(NC(=O)CCN(C(C)=O)c2ccc(C)cc2)cc1. The van der Waals surface area contributed by atoms with Crippen molar-refractivity contribution in [1.82, 2.24) is 0 Å². The highest BCUT2D eigenvalue weighted by Crippen LogP contribution is 2.17. The minimum absolute atomic E-state index is 0.110. The summed E-state index contributed by atoms with van der Waals surface area (Å²) in [7, 11) is 0. The molecule has 0 spiro atoms. The Labute approximate surface area is 153 Å². The number of rotatable bonds is 6. The highest BCUT2D eigenvalue weighted by molar-refractivity contribution is 5.95. The summed E-state index contributed by atoms with van der Waals surface area (Å²) in [6, 6.07) is 14.5. The van der Waals surface area contributed by atoms with Gasteiger partial charge in [0.15, 0.2) is 0 Å². The number of amides is 3. The molecule has 6 heteroatoms. The van der Waals surface area contributed by atoms with E-state index in [9.17, 15) is 14.4 Å². The van der Waals surface area contributed by atoms with Gasteiger partial charge < -0.3 is 15.5 Å². The summed E-state index contributed by atoms with van der Waals surface area (Å²) in [6.45, 7) is 5.20. The Morgan fingerprint density at radius 1 is 0.846 bits per heavy atom. The Hall–Kier alpha value is -3.15. The molecule has 0 saturated carbocycles. The van der Waals surface area contributed by atoms with E-state index in [1.807, 2.05) is 31.2 Å². The van der Waals surface area contributed by atoms with Crippen molar-refractivity contribution in [2.75, 3.05) is 22.1 Å². The van der Waals surface area contributed by atoms with Gasteiger partial charge in [0.05, 0.1) is 0 Å². The Bertz CT molecular complexity index is 783. The van der Waals surface area contributed by atoms with Crippen LogP contribution in [0, 0.1) is 6.92 Å². The molecule has 0 atom stereocenters. The van der Waals surface area contributed by atoms with E-state index in [1.54, 1.807) is 29.2 Å². The first-order valence-electron chi connectivity index (χ1n) is 8.37. The Balaban J connectivity index is 1.92. The normalized spacial score (nSPS) is 10.1. The molecule has 0 radical (unpaired) electrons. The van der Waals surface area contributed by atoms with Crippen molar-refractivity contribution in [3.8, 4) is 0 Å². The van der Waals surface area contributed by atoms with E-state index < -0.39 is 0 Å². The third-order valence-electron chi connectivity index (χ3n) is 3.78. The lowest BCUT2D eigenvalue weighted by Crippen LogP contribution is -2.31. The van der Waals surface area contributed by atoms with Crippen molar-refractivity contribution in [3.63, 3.8) is 0 Å². The molecule has 0 bridgehead atoms. The minimum atomic E-state index is -0.185. The maximum atomic E-state index is 12.2. The van der Waals surface area contributed by atoms with Crippen LogP contribution >= 0.6 is 0 Å². The Morgan fingerprint density at radius 2 is 1.38 bits per heavy atom. The van der Waals surface area contributed by atoms with E-state index >= 15 is 0 Å². The fourth-order valence-electron chi connectivity index (χ4n) is 2.47. The molecule has 0 aliphatic heterocycles. The lowest BCUT2D eigenvalue weighted by molar-refractivity contribution is -0.117. The van der Waals surface area contributed by atoms with Crippen LogP contribution in [-0.4, -0.2) is 24.3 Å². The molecule has 2 rings (SSSR count). The van der Waals surface area contributed by atoms with Gasteiger partial charge in [0, 0.05) is 43.9 Å². The highest BCUT2D eigenvalue weighted by Gasteiger charge is 2.13. The maximum absolute atomic E-state index is 12.2. The van der Waals surface area contributed by atoms with Gasteiger partial charge in [0.25, 0.3) is 0 Å². The van der Waals surface area contributed by atoms with Gasteiger partial charge >= 0.3 is 0 Å². The first kappa shape index (κ1) is 19.2. The van der Waals surface area contributed by atoms with Crippen molar-refractivity contribution in [2.24, 2.45) is 0 Å². The second kappa shape index (κ2) is 8.80. The summed E-state index contributed by atoms with van der Waals surface area (Å²) >= 11 is 0. The van der Waals surface area contributed by atoms with Crippen LogP contribution in [0.4, 0.5) is 17.1 Å². The Kier molecular flexibility index (Phi) is 6.49. The van der Waals surface area contributed by atoms with Gasteiger partial charge in [0.1, 0.15) is 0 Å². The summed E-state index contributed by atoms with van der Waals surface area (Å²) in [6.07, 6.45) is 0.181. The standard InChI is InChI=1S/C20H23N3O3/c1-14-4-10-19(11-5-14)23(16(3)25)13-12-20(26)22-18-8-6-17(7-9-18)21-15(2)24/h4-11H,12-13H2,1-3H3,(H,21,24)(H,22,26). The molecule has 0 aliphatic carbocycles. The van der Waals surface area contributed by atoms with Crippen molar-refractivity contribution < 1.29 is 14.4 Å². The summed E-state index contributed by atoms with van der Waals surface area (Å²) in [5, 5.41) is 5.45. The van der Waals surface area contributed by atoms with Gasteiger partial charge in [-0.2, -0.15) is 0 Å². The average Bonchev–Trinajstić information content (AvgIpc) is 2.57. The van der Waals surface area contributed by atoms with Crippen LogP contribution in [0.15, 0.2) is 48.5 Å². The van der Waals surface area contributed by atoms with Gasteiger partial charge in [-0.3, -0.25) is 14.4 Å². The van der Waals surface area contributed by atoms with E-state index in [-0.39, 0.29) is 24.1 Å². The predicted octanol–water partition coefficient (Wildman–Crippen LogP) is 3.34. The molecule has 0 unspecified atom stereocenters. The Morgan fingerprint density at radius 3 is 1.88 bits per heavy atom. The van der Waals surface area contributed by atoms with Gasteiger partial charge in [0.2, 0.25) is 17.7 Å². The topological polar surface area (TPSA) is 78.5 Å². The van der Waals surface area contributed by atoms with Gasteiger partial charge in [-0.1, -0.05) is 17.7 Å². The second-order valence-electron chi connectivity index (χ2n) is 6.06. The smallest absolute Gasteiger partial charge is 0.226 e. The van der Waals surface area contributed by atoms with Crippen LogP contribution in [0.5, 0.6) is 0 Å². The number of aryl methyl sites for hydroxylation is 1. The van der Waals surface area contributed by atoms with Crippen molar-refractivity contribution in [3.05, 3.63) is 54.1 Å². The number of hydrogen-bond acceptors (Lipinski definition) is 3. The molecule has 0 aliphatic rings. The number of nitrogens with one attached hydrogen (secondary N) is 2. The molecule has 0 saturated heterocycles. The zero-order valence-corrected chi connectivity index (χ0v) is 15.2. The zero-order chi connectivity index (χ0) is 19.1. The number of hydrogen-bond donors (Lipinski definition) is 2. The number of nitrogens with zero attached hydrogens (tertiary/aromatic N) is 1. The van der Waals surface area contributed by atoms with Crippen LogP contribution in [0.1, 0.15) is 25.8 Å². The van der Waals surface area contributed by atoms with Crippen molar-refractivity contribution in [1.29, 1.82) is 0 Å². The second-order valence-corrected chi connectivity index (χ2v) is 6.06. The van der Waals surface area contributed by atoms with Crippen LogP contribution in [0.25, 0.3) is 0 Å². The molecular formula is C20H23N3O3. The molecule has 3 amide bonds. The molecule has 26 heavy (non-hydrogen) atoms. The summed E-state index contributed by atoms with van der Waals surface area (Å²) in [5.41, 5.74) is 3.18. The number of benzene rings is 2. The van der Waals surface area contributed by atoms with Crippen molar-refractivity contribution >= 4 is 34.8 Å². The summed E-state index contributed by atoms with van der Waals surface area (Å²) < 4.78 is 0. The monoisotopic (exact) mass is 353 g/mol. The predicted molar refractivity (Wildman–Crippen MR) is 103 cm³/mol. The first-order chi connectivity index (χ1) is 12.3. The number of anilines is 3. The maximum Gasteiger partial charge on any atom is 0.226 e. The molecule has 0 fully saturated rings. The van der Waals surface area contributed by atoms with Crippen LogP contribution in [0.3, 0.4) is 0 Å². The summed E-state index contributed by atoms with van der Waals surface area (Å²) in [4.78, 5) is 36.6. The average molecular weight is 353 g/mol. The van der Waals surface area contributed by atoms with Gasteiger partial charge in [-0.05, 0) is 43.3 Å². The van der Waals surface area contributed by atoms with E-state index in [2.05, 4.69) is 10.6 Å². The van der Waals surface area contributed by atoms with E-state index in [4.69, 9.17) is 0 Å². The first-order valence-corrected chi connectivity index (χ1v) is 8.37. The molecule has 136 valence electrons. The fraction of sp³-hybridized carbons (Fsp3) is 0.250. The number of carbonyl (C=O) groups excluding carboxylic acids is 3. The molecule has 2 aromatic rings. The minimum Gasteiger partial charge on any atom is -0.326 e. The van der Waals surface area contributed by atoms with Gasteiger partial charge in [-0.25, -0.2) is 0 Å². The summed E-state index contributed by atoms with van der Waals surface area (Å²) in [5.74, 6) is -0.445.